The molecule has 0 spiro atoms. The lowest BCUT2D eigenvalue weighted by molar-refractivity contribution is -0.342. The number of rotatable bonds is 11. The number of ether oxygens (including phenoxy) is 5. The largest absolute Gasteiger partial charge is 0.394 e. The first-order valence-electron chi connectivity index (χ1n) is 9.63. The molecule has 2 rings (SSSR count). The van der Waals surface area contributed by atoms with Crippen molar-refractivity contribution in [3.63, 3.8) is 0 Å². The quantitative estimate of drug-likeness (QED) is 0.128. The van der Waals surface area contributed by atoms with E-state index in [1.165, 1.54) is 0 Å². The lowest BCUT2D eigenvalue weighted by Gasteiger charge is -2.44. The Morgan fingerprint density at radius 2 is 1.52 bits per heavy atom. The van der Waals surface area contributed by atoms with Gasteiger partial charge in [-0.15, -0.1) is 0 Å². The third-order valence-electron chi connectivity index (χ3n) is 4.81. The van der Waals surface area contributed by atoms with Crippen molar-refractivity contribution >= 4 is 12.6 Å². The molecule has 2 aliphatic rings. The van der Waals surface area contributed by atoms with Gasteiger partial charge in [-0.1, -0.05) is 0 Å². The van der Waals surface area contributed by atoms with Gasteiger partial charge in [0.2, 0.25) is 0 Å². The molecule has 29 heavy (non-hydrogen) atoms. The van der Waals surface area contributed by atoms with E-state index in [0.717, 1.165) is 12.2 Å². The second-order valence-corrected chi connectivity index (χ2v) is 7.41. The molecule has 172 valence electrons. The SMILES string of the molecule is OCC1OC(OCCOCCCS)C(O)CC1OC1OC(CO)C(O)C(O)C1O. The predicted octanol–water partition coefficient (Wildman–Crippen LogP) is -3.01. The highest BCUT2D eigenvalue weighted by Crippen LogP contribution is 2.29. The molecule has 2 aliphatic heterocycles. The molecule has 0 saturated carbocycles. The molecule has 0 amide bonds. The van der Waals surface area contributed by atoms with Gasteiger partial charge in [-0.2, -0.15) is 12.6 Å². The van der Waals surface area contributed by atoms with Crippen molar-refractivity contribution in [2.75, 3.05) is 38.8 Å². The fraction of sp³-hybridized carbons (Fsp3) is 1.00. The molecule has 0 aliphatic carbocycles. The van der Waals surface area contributed by atoms with Crippen LogP contribution in [0.15, 0.2) is 0 Å². The van der Waals surface area contributed by atoms with E-state index in [1.54, 1.807) is 0 Å². The lowest BCUT2D eigenvalue weighted by Crippen LogP contribution is -2.61. The lowest BCUT2D eigenvalue weighted by atomic mass is 9.98. The van der Waals surface area contributed by atoms with E-state index >= 15 is 0 Å². The van der Waals surface area contributed by atoms with Crippen LogP contribution in [0, 0.1) is 0 Å². The first kappa shape index (κ1) is 25.2. The molecule has 0 aromatic rings. The maximum Gasteiger partial charge on any atom is 0.187 e. The number of aliphatic hydroxyl groups excluding tert-OH is 6. The summed E-state index contributed by atoms with van der Waals surface area (Å²) < 4.78 is 27.2. The predicted molar refractivity (Wildman–Crippen MR) is 100 cm³/mol. The minimum Gasteiger partial charge on any atom is -0.394 e. The molecule has 11 nitrogen and oxygen atoms in total. The van der Waals surface area contributed by atoms with Crippen molar-refractivity contribution in [2.45, 2.75) is 68.1 Å². The number of hydrogen-bond donors (Lipinski definition) is 7. The zero-order chi connectivity index (χ0) is 21.4. The van der Waals surface area contributed by atoms with Gasteiger partial charge < -0.3 is 54.3 Å². The van der Waals surface area contributed by atoms with Crippen LogP contribution in [0.25, 0.3) is 0 Å². The van der Waals surface area contributed by atoms with Crippen LogP contribution < -0.4 is 0 Å². The molecule has 2 heterocycles. The van der Waals surface area contributed by atoms with Crippen molar-refractivity contribution < 1.29 is 54.3 Å². The summed E-state index contributed by atoms with van der Waals surface area (Å²) in [4.78, 5) is 0. The molecule has 2 saturated heterocycles. The fourth-order valence-electron chi connectivity index (χ4n) is 3.15. The van der Waals surface area contributed by atoms with E-state index in [1.807, 2.05) is 0 Å². The highest BCUT2D eigenvalue weighted by molar-refractivity contribution is 7.80. The smallest absolute Gasteiger partial charge is 0.187 e. The molecule has 9 atom stereocenters. The van der Waals surface area contributed by atoms with Gasteiger partial charge in [-0.25, -0.2) is 0 Å². The fourth-order valence-corrected chi connectivity index (χ4v) is 3.28. The first-order valence-corrected chi connectivity index (χ1v) is 10.3. The normalized spacial score (nSPS) is 40.9. The average molecular weight is 444 g/mol. The van der Waals surface area contributed by atoms with Crippen molar-refractivity contribution in [1.82, 2.24) is 0 Å². The van der Waals surface area contributed by atoms with E-state index < -0.39 is 68.5 Å². The number of hydrogen-bond acceptors (Lipinski definition) is 12. The highest BCUT2D eigenvalue weighted by Gasteiger charge is 2.47. The van der Waals surface area contributed by atoms with Gasteiger partial charge >= 0.3 is 0 Å². The van der Waals surface area contributed by atoms with Crippen LogP contribution in [-0.4, -0.2) is 125 Å². The monoisotopic (exact) mass is 444 g/mol. The van der Waals surface area contributed by atoms with Crippen LogP contribution >= 0.6 is 12.6 Å². The van der Waals surface area contributed by atoms with E-state index in [4.69, 9.17) is 23.7 Å². The third-order valence-corrected chi connectivity index (χ3v) is 5.12. The van der Waals surface area contributed by atoms with Gasteiger partial charge in [-0.05, 0) is 12.2 Å². The molecule has 12 heteroatoms. The Morgan fingerprint density at radius 3 is 2.17 bits per heavy atom. The summed E-state index contributed by atoms with van der Waals surface area (Å²) in [6, 6.07) is 0. The minimum atomic E-state index is -1.59. The van der Waals surface area contributed by atoms with Crippen LogP contribution in [0.3, 0.4) is 0 Å². The van der Waals surface area contributed by atoms with Gasteiger partial charge in [-0.3, -0.25) is 0 Å². The van der Waals surface area contributed by atoms with Crippen molar-refractivity contribution in [3.05, 3.63) is 0 Å². The maximum absolute atomic E-state index is 10.3. The zero-order valence-electron chi connectivity index (χ0n) is 16.0. The Hall–Kier alpha value is -0.0900. The topological polar surface area (TPSA) is 168 Å². The summed E-state index contributed by atoms with van der Waals surface area (Å²) in [7, 11) is 0. The Kier molecular flexibility index (Phi) is 11.0. The molecule has 0 bridgehead atoms. The summed E-state index contributed by atoms with van der Waals surface area (Å²) in [5, 5.41) is 58.9. The summed E-state index contributed by atoms with van der Waals surface area (Å²) in [6.07, 6.45) is -10.2. The van der Waals surface area contributed by atoms with Crippen molar-refractivity contribution in [3.8, 4) is 0 Å². The van der Waals surface area contributed by atoms with Gasteiger partial charge in [0, 0.05) is 13.0 Å². The van der Waals surface area contributed by atoms with Gasteiger partial charge in [0.05, 0.1) is 32.5 Å². The summed E-state index contributed by atoms with van der Waals surface area (Å²) in [5.41, 5.74) is 0. The Morgan fingerprint density at radius 1 is 0.828 bits per heavy atom. The molecule has 9 unspecified atom stereocenters. The number of thiol groups is 1. The van der Waals surface area contributed by atoms with Gasteiger partial charge in [0.25, 0.3) is 0 Å². The number of aliphatic hydroxyl groups is 6. The zero-order valence-corrected chi connectivity index (χ0v) is 16.9. The molecular formula is C17H32O11S. The van der Waals surface area contributed by atoms with E-state index in [9.17, 15) is 30.6 Å². The average Bonchev–Trinajstić information content (AvgIpc) is 2.72. The highest BCUT2D eigenvalue weighted by atomic mass is 32.1. The minimum absolute atomic E-state index is 0.00538. The first-order chi connectivity index (χ1) is 13.9. The van der Waals surface area contributed by atoms with Crippen LogP contribution in [0.1, 0.15) is 12.8 Å². The standard InChI is InChI=1S/C17H32O11S/c18-7-11-10(26-17-15(23)14(22)13(21)12(8-19)28-17)6-9(20)16(27-11)25-4-3-24-2-1-5-29/h9-23,29H,1-8H2. The molecule has 0 aromatic heterocycles. The molecule has 0 aromatic carbocycles. The van der Waals surface area contributed by atoms with E-state index in [0.29, 0.717) is 13.2 Å². The van der Waals surface area contributed by atoms with Crippen LogP contribution in [0.2, 0.25) is 0 Å². The molecule has 0 radical (unpaired) electrons. The summed E-state index contributed by atoms with van der Waals surface area (Å²) in [6.45, 7) is 0.00591. The van der Waals surface area contributed by atoms with E-state index in [2.05, 4.69) is 12.6 Å². The van der Waals surface area contributed by atoms with Gasteiger partial charge in [0.15, 0.2) is 12.6 Å². The summed E-state index contributed by atoms with van der Waals surface area (Å²) >= 11 is 4.08. The second kappa shape index (κ2) is 12.7. The molecule has 6 N–H and O–H groups in total. The van der Waals surface area contributed by atoms with Crippen molar-refractivity contribution in [2.24, 2.45) is 0 Å². The Labute approximate surface area is 174 Å². The Balaban J connectivity index is 1.86. The maximum atomic E-state index is 10.3. The van der Waals surface area contributed by atoms with E-state index in [-0.39, 0.29) is 13.0 Å². The third kappa shape index (κ3) is 6.95. The van der Waals surface area contributed by atoms with Crippen LogP contribution in [0.4, 0.5) is 0 Å². The Bertz CT molecular complexity index is 457. The van der Waals surface area contributed by atoms with Crippen molar-refractivity contribution in [1.29, 1.82) is 0 Å². The van der Waals surface area contributed by atoms with Gasteiger partial charge in [0.1, 0.15) is 36.6 Å². The van der Waals surface area contributed by atoms with Crippen LogP contribution in [0.5, 0.6) is 0 Å². The second-order valence-electron chi connectivity index (χ2n) is 6.96. The summed E-state index contributed by atoms with van der Waals surface area (Å²) in [5.74, 6) is 0.722. The molecule has 2 fully saturated rings. The molecular weight excluding hydrogens is 412 g/mol. The van der Waals surface area contributed by atoms with Crippen LogP contribution in [-0.2, 0) is 23.7 Å².